The number of carbonyl (C=O) groups is 4. The number of phosphoric acid groups is 2. The normalized spacial score (nSPS) is 14.9. The minimum atomic E-state index is -5.01. The fraction of sp³-hybridized carbons (Fsp3) is 0.590. The predicted molar refractivity (Wildman–Crippen MR) is 417 cm³/mol. The van der Waals surface area contributed by atoms with Crippen molar-refractivity contribution in [3.8, 4) is 0 Å². The number of hydrogen-bond acceptors (Lipinski definition) is 15. The SMILES string of the molecule is CC/C=C\C/C=C\C/C=C\C/C=C\C/C=C\CCCCCC(=O)OCC(COP(=O)(O)OCC(O)COP(=O)(O)OCC(COC(=O)CCCC/C=C\C/C=C\C/C=C\C/C=C\CC)OC(=O)CCCC/C=C\C/C=C\C/C=C\C/C=C\CC)OC(=O)CCCCCCC/C=C\C/C=C\CCC. The Morgan fingerprint density at radius 1 is 0.284 bits per heavy atom. The van der Waals surface area contributed by atoms with Crippen molar-refractivity contribution in [2.45, 2.75) is 277 Å². The van der Waals surface area contributed by atoms with Crippen molar-refractivity contribution in [1.82, 2.24) is 0 Å². The number of carbonyl (C=O) groups excluding carboxylic acids is 4. The molecule has 0 radical (unpaired) electrons. The van der Waals surface area contributed by atoms with Crippen molar-refractivity contribution in [2.75, 3.05) is 39.6 Å². The fourth-order valence-corrected chi connectivity index (χ4v) is 10.7. The number of phosphoric ester groups is 2. The third-order valence-corrected chi connectivity index (χ3v) is 16.7. The Balaban J connectivity index is 5.47. The average molecular weight is 1460 g/mol. The summed E-state index contributed by atoms with van der Waals surface area (Å²) in [5.74, 6) is -2.35. The Kier molecular flexibility index (Phi) is 69.3. The molecule has 0 saturated carbocycles. The lowest BCUT2D eigenvalue weighted by Crippen LogP contribution is -2.30. The van der Waals surface area contributed by atoms with Crippen LogP contribution in [0.25, 0.3) is 0 Å². The van der Waals surface area contributed by atoms with Crippen molar-refractivity contribution in [1.29, 1.82) is 0 Å². The maximum atomic E-state index is 13.1. The number of aliphatic hydroxyl groups is 1. The molecule has 0 aliphatic carbocycles. The van der Waals surface area contributed by atoms with Gasteiger partial charge < -0.3 is 33.8 Å². The van der Waals surface area contributed by atoms with E-state index in [9.17, 15) is 43.2 Å². The molecule has 0 saturated heterocycles. The lowest BCUT2D eigenvalue weighted by molar-refractivity contribution is -0.161. The van der Waals surface area contributed by atoms with E-state index in [1.54, 1.807) is 0 Å². The van der Waals surface area contributed by atoms with Crippen molar-refractivity contribution in [3.05, 3.63) is 182 Å². The molecule has 102 heavy (non-hydrogen) atoms. The first-order valence-corrected chi connectivity index (χ1v) is 41.0. The Morgan fingerprint density at radius 3 is 0.814 bits per heavy atom. The predicted octanol–water partition coefficient (Wildman–Crippen LogP) is 22.0. The molecule has 0 aromatic rings. The van der Waals surface area contributed by atoms with Crippen LogP contribution in [0.4, 0.5) is 0 Å². The number of allylic oxidation sites excluding steroid dienone is 30. The maximum Gasteiger partial charge on any atom is 0.472 e. The number of ether oxygens (including phenoxy) is 4. The minimum Gasteiger partial charge on any atom is -0.462 e. The van der Waals surface area contributed by atoms with Crippen molar-refractivity contribution < 1.29 is 80.2 Å². The van der Waals surface area contributed by atoms with Gasteiger partial charge in [0, 0.05) is 25.7 Å². The lowest BCUT2D eigenvalue weighted by Gasteiger charge is -2.21. The highest BCUT2D eigenvalue weighted by molar-refractivity contribution is 7.47. The van der Waals surface area contributed by atoms with Gasteiger partial charge in [-0.15, -0.1) is 0 Å². The number of hydrogen-bond donors (Lipinski definition) is 3. The van der Waals surface area contributed by atoms with Crippen LogP contribution in [0.2, 0.25) is 0 Å². The van der Waals surface area contributed by atoms with Gasteiger partial charge in [-0.05, 0) is 173 Å². The maximum absolute atomic E-state index is 13.1. The summed E-state index contributed by atoms with van der Waals surface area (Å²) < 4.78 is 68.3. The molecule has 5 atom stereocenters. The van der Waals surface area contributed by atoms with E-state index in [4.69, 9.17) is 37.0 Å². The van der Waals surface area contributed by atoms with Crippen molar-refractivity contribution in [3.63, 3.8) is 0 Å². The summed E-state index contributed by atoms with van der Waals surface area (Å²) >= 11 is 0. The molecule has 0 bridgehead atoms. The Morgan fingerprint density at radius 2 is 0.510 bits per heavy atom. The first-order chi connectivity index (χ1) is 49.7. The van der Waals surface area contributed by atoms with Gasteiger partial charge in [0.15, 0.2) is 12.2 Å². The van der Waals surface area contributed by atoms with E-state index in [-0.39, 0.29) is 25.7 Å². The number of esters is 4. The average Bonchev–Trinajstić information content (AvgIpc) is 0.908. The number of rotatable bonds is 69. The Hall–Kier alpha value is -5.84. The van der Waals surface area contributed by atoms with E-state index in [1.807, 2.05) is 0 Å². The standard InChI is InChI=1S/C83H132O17P2/c1-5-9-13-17-21-25-29-33-36-37-38-39-42-45-48-52-56-60-64-68-81(86)94-73-78(99-82(87)69-65-61-57-53-49-43-32-28-24-20-16-12-8-4)75-97-101(89,90)95-71-77(84)72-96-102(91,92)98-76-79(100-83(88)70-66-62-58-54-50-46-41-35-31-27-23-19-15-11-7-3)74-93-80(85)67-63-59-55-51-47-44-40-34-30-26-22-18-14-10-6-2/h9-11,13-16,20-23,25-28,32-36,38-41,45,47-48,50-51,54,77-79,84H,5-8,12,17-19,24,29-31,37,42-44,46,49,52-53,55-76H2,1-4H3,(H,89,90)(H,91,92)/b13-9-,14-10-,15-11-,20-16-,25-21-,26-22-,27-23-,32-28-,36-33-,39-38-,40-34-,41-35-,48-45-,51-47-,54-50-. The summed E-state index contributed by atoms with van der Waals surface area (Å²) in [4.78, 5) is 72.9. The molecule has 3 N–H and O–H groups in total. The fourth-order valence-electron chi connectivity index (χ4n) is 9.15. The second kappa shape index (κ2) is 73.5. The molecule has 0 amide bonds. The van der Waals surface area contributed by atoms with Crippen LogP contribution in [0.1, 0.15) is 259 Å². The second-order valence-electron chi connectivity index (χ2n) is 24.4. The molecule has 0 aliphatic heterocycles. The van der Waals surface area contributed by atoms with E-state index in [2.05, 4.69) is 210 Å². The molecule has 19 heteroatoms. The molecule has 0 rings (SSSR count). The van der Waals surface area contributed by atoms with Crippen molar-refractivity contribution in [2.24, 2.45) is 0 Å². The molecule has 0 heterocycles. The van der Waals surface area contributed by atoms with Crippen LogP contribution in [0.15, 0.2) is 182 Å². The summed E-state index contributed by atoms with van der Waals surface area (Å²) in [5.41, 5.74) is 0. The van der Waals surface area contributed by atoms with E-state index in [1.165, 1.54) is 0 Å². The summed E-state index contributed by atoms with van der Waals surface area (Å²) in [7, 11) is -10.0. The highest BCUT2D eigenvalue weighted by Crippen LogP contribution is 2.45. The summed E-state index contributed by atoms with van der Waals surface area (Å²) in [5, 5.41) is 10.6. The molecule has 0 spiro atoms. The second-order valence-corrected chi connectivity index (χ2v) is 27.3. The number of unbranched alkanes of at least 4 members (excludes halogenated alkanes) is 13. The van der Waals surface area contributed by atoms with E-state index in [0.29, 0.717) is 32.1 Å². The van der Waals surface area contributed by atoms with Crippen LogP contribution in [0.3, 0.4) is 0 Å². The minimum absolute atomic E-state index is 0.0255. The molecule has 0 fully saturated rings. The zero-order chi connectivity index (χ0) is 74.6. The van der Waals surface area contributed by atoms with Crippen LogP contribution in [0, 0.1) is 0 Å². The van der Waals surface area contributed by atoms with Gasteiger partial charge in [-0.2, -0.15) is 0 Å². The highest BCUT2D eigenvalue weighted by Gasteiger charge is 2.30. The molecule has 0 aromatic carbocycles. The molecule has 17 nitrogen and oxygen atoms in total. The zero-order valence-corrected chi connectivity index (χ0v) is 64.5. The van der Waals surface area contributed by atoms with Crippen LogP contribution in [0.5, 0.6) is 0 Å². The van der Waals surface area contributed by atoms with Crippen LogP contribution in [-0.2, 0) is 65.4 Å². The topological polar surface area (TPSA) is 237 Å². The lowest BCUT2D eigenvalue weighted by atomic mass is 10.1. The molecule has 5 unspecified atom stereocenters. The largest absolute Gasteiger partial charge is 0.472 e. The van der Waals surface area contributed by atoms with E-state index in [0.717, 1.165) is 173 Å². The highest BCUT2D eigenvalue weighted by atomic mass is 31.2. The van der Waals surface area contributed by atoms with Crippen LogP contribution < -0.4 is 0 Å². The van der Waals surface area contributed by atoms with Crippen LogP contribution in [-0.4, -0.2) is 96.7 Å². The first-order valence-electron chi connectivity index (χ1n) is 38.0. The smallest absolute Gasteiger partial charge is 0.462 e. The van der Waals surface area contributed by atoms with E-state index >= 15 is 0 Å². The summed E-state index contributed by atoms with van der Waals surface area (Å²) in [6.45, 7) is 4.27. The molecule has 0 aliphatic rings. The quantitative estimate of drug-likeness (QED) is 0.0169. The monoisotopic (exact) mass is 1460 g/mol. The van der Waals surface area contributed by atoms with Gasteiger partial charge in [-0.1, -0.05) is 242 Å². The van der Waals surface area contributed by atoms with Gasteiger partial charge in [-0.25, -0.2) is 9.13 Å². The van der Waals surface area contributed by atoms with Gasteiger partial charge in [0.2, 0.25) is 0 Å². The van der Waals surface area contributed by atoms with Crippen molar-refractivity contribution >= 4 is 39.5 Å². The Labute approximate surface area is 615 Å². The zero-order valence-electron chi connectivity index (χ0n) is 62.7. The van der Waals surface area contributed by atoms with Gasteiger partial charge in [-0.3, -0.25) is 37.3 Å². The van der Waals surface area contributed by atoms with Gasteiger partial charge >= 0.3 is 39.5 Å². The molecular formula is C83H132O17P2. The summed E-state index contributed by atoms with van der Waals surface area (Å²) in [6, 6.07) is 0. The summed E-state index contributed by atoms with van der Waals surface area (Å²) in [6.07, 6.45) is 87.5. The molecule has 0 aromatic heterocycles. The van der Waals surface area contributed by atoms with Gasteiger partial charge in [0.05, 0.1) is 26.4 Å². The van der Waals surface area contributed by atoms with Crippen LogP contribution >= 0.6 is 15.6 Å². The molecule has 576 valence electrons. The van der Waals surface area contributed by atoms with Gasteiger partial charge in [0.1, 0.15) is 19.3 Å². The van der Waals surface area contributed by atoms with E-state index < -0.39 is 97.5 Å². The molecular weight excluding hydrogens is 1330 g/mol. The first kappa shape index (κ1) is 96.2. The third kappa shape index (κ3) is 72.5. The van der Waals surface area contributed by atoms with Gasteiger partial charge in [0.25, 0.3) is 0 Å². The Bertz CT molecular complexity index is 2650. The third-order valence-electron chi connectivity index (χ3n) is 14.8. The number of aliphatic hydroxyl groups excluding tert-OH is 1.